The molecular formula is C18H23ClN4O2. The molecule has 0 bridgehead atoms. The van der Waals surface area contributed by atoms with E-state index >= 15 is 0 Å². The first-order valence-electron chi connectivity index (χ1n) is 8.58. The number of rotatable bonds is 5. The van der Waals surface area contributed by atoms with Gasteiger partial charge in [-0.2, -0.15) is 4.98 Å². The summed E-state index contributed by atoms with van der Waals surface area (Å²) in [7, 11) is 0. The monoisotopic (exact) mass is 362 g/mol. The lowest BCUT2D eigenvalue weighted by atomic mass is 9.93. The minimum absolute atomic E-state index is 0.179. The molecule has 25 heavy (non-hydrogen) atoms. The van der Waals surface area contributed by atoms with Gasteiger partial charge in [0.15, 0.2) is 11.6 Å². The minimum atomic E-state index is -0.208. The third-order valence-electron chi connectivity index (χ3n) is 4.44. The van der Waals surface area contributed by atoms with Crippen LogP contribution in [0.2, 0.25) is 5.02 Å². The molecule has 2 aromatic rings. The second-order valence-electron chi connectivity index (χ2n) is 6.31. The SMILES string of the molecule is CCc1ccc(Oc2cnc(N)nc2N[C@H]2CC[C@H](O)CC2)c(Cl)c1. The minimum Gasteiger partial charge on any atom is -0.450 e. The molecule has 7 heteroatoms. The summed E-state index contributed by atoms with van der Waals surface area (Å²) in [6.07, 6.45) is 5.54. The number of nitrogens with one attached hydrogen (secondary N) is 1. The molecule has 0 unspecified atom stereocenters. The van der Waals surface area contributed by atoms with Crippen molar-refractivity contribution in [1.29, 1.82) is 0 Å². The number of anilines is 2. The molecule has 1 heterocycles. The molecule has 0 radical (unpaired) electrons. The molecule has 1 aromatic carbocycles. The highest BCUT2D eigenvalue weighted by Crippen LogP contribution is 2.34. The van der Waals surface area contributed by atoms with E-state index < -0.39 is 0 Å². The molecule has 0 saturated heterocycles. The van der Waals surface area contributed by atoms with E-state index in [-0.39, 0.29) is 18.1 Å². The molecule has 0 spiro atoms. The van der Waals surface area contributed by atoms with Crippen LogP contribution in [0.3, 0.4) is 0 Å². The summed E-state index contributed by atoms with van der Waals surface area (Å²) in [5.41, 5.74) is 6.88. The van der Waals surface area contributed by atoms with Crippen LogP contribution >= 0.6 is 11.6 Å². The third kappa shape index (κ3) is 4.52. The number of nitrogens with zero attached hydrogens (tertiary/aromatic N) is 2. The predicted octanol–water partition coefficient (Wildman–Crippen LogP) is 3.78. The molecule has 134 valence electrons. The molecule has 1 aliphatic rings. The van der Waals surface area contributed by atoms with E-state index in [0.717, 1.165) is 37.7 Å². The van der Waals surface area contributed by atoms with Crippen LogP contribution in [0.25, 0.3) is 0 Å². The van der Waals surface area contributed by atoms with Crippen molar-refractivity contribution in [3.05, 3.63) is 35.0 Å². The highest BCUT2D eigenvalue weighted by molar-refractivity contribution is 6.32. The zero-order chi connectivity index (χ0) is 17.8. The van der Waals surface area contributed by atoms with E-state index in [1.807, 2.05) is 18.2 Å². The smallest absolute Gasteiger partial charge is 0.222 e. The molecule has 1 aliphatic carbocycles. The largest absolute Gasteiger partial charge is 0.450 e. The summed E-state index contributed by atoms with van der Waals surface area (Å²) in [5.74, 6) is 1.75. The van der Waals surface area contributed by atoms with Crippen LogP contribution < -0.4 is 15.8 Å². The second-order valence-corrected chi connectivity index (χ2v) is 6.72. The zero-order valence-electron chi connectivity index (χ0n) is 14.2. The Morgan fingerprint density at radius 3 is 2.72 bits per heavy atom. The van der Waals surface area contributed by atoms with Crippen LogP contribution in [0, 0.1) is 0 Å². The fourth-order valence-electron chi connectivity index (χ4n) is 2.94. The van der Waals surface area contributed by atoms with Gasteiger partial charge in [-0.25, -0.2) is 4.98 Å². The zero-order valence-corrected chi connectivity index (χ0v) is 15.0. The number of aryl methyl sites for hydroxylation is 1. The van der Waals surface area contributed by atoms with Crippen molar-refractivity contribution in [3.63, 3.8) is 0 Å². The molecule has 6 nitrogen and oxygen atoms in total. The molecule has 1 saturated carbocycles. The maximum absolute atomic E-state index is 9.65. The fraction of sp³-hybridized carbons (Fsp3) is 0.444. The number of hydrogen-bond donors (Lipinski definition) is 3. The van der Waals surface area contributed by atoms with Gasteiger partial charge in [-0.15, -0.1) is 0 Å². The fourth-order valence-corrected chi connectivity index (χ4v) is 3.18. The number of ether oxygens (including phenoxy) is 1. The van der Waals surface area contributed by atoms with Crippen LogP contribution in [0.15, 0.2) is 24.4 Å². The Labute approximate surface area is 152 Å². The van der Waals surface area contributed by atoms with Crippen molar-refractivity contribution in [2.75, 3.05) is 11.1 Å². The number of benzene rings is 1. The molecule has 1 aromatic heterocycles. The Bertz CT molecular complexity index is 733. The van der Waals surface area contributed by atoms with Crippen molar-refractivity contribution in [1.82, 2.24) is 9.97 Å². The Balaban J connectivity index is 1.79. The van der Waals surface area contributed by atoms with Crippen LogP contribution in [0.1, 0.15) is 38.2 Å². The number of aromatic nitrogens is 2. The summed E-state index contributed by atoms with van der Waals surface area (Å²) in [6.45, 7) is 2.07. The standard InChI is InChI=1S/C18H23ClN4O2/c1-2-11-3-8-15(14(19)9-11)25-16-10-21-18(20)23-17(16)22-12-4-6-13(24)7-5-12/h3,8-10,12-13,24H,2,4-7H2,1H3,(H3,20,21,22,23)/t12-,13-. The van der Waals surface area contributed by atoms with Crippen LogP contribution in [-0.4, -0.2) is 27.2 Å². The van der Waals surface area contributed by atoms with Gasteiger partial charge in [0, 0.05) is 6.04 Å². The Morgan fingerprint density at radius 1 is 1.28 bits per heavy atom. The molecule has 3 rings (SSSR count). The van der Waals surface area contributed by atoms with Gasteiger partial charge in [0.1, 0.15) is 5.75 Å². The van der Waals surface area contributed by atoms with E-state index in [2.05, 4.69) is 22.2 Å². The molecule has 4 N–H and O–H groups in total. The molecule has 0 aliphatic heterocycles. The van der Waals surface area contributed by atoms with Crippen molar-refractivity contribution < 1.29 is 9.84 Å². The first-order valence-corrected chi connectivity index (χ1v) is 8.96. The Morgan fingerprint density at radius 2 is 2.04 bits per heavy atom. The highest BCUT2D eigenvalue weighted by Gasteiger charge is 2.21. The summed E-state index contributed by atoms with van der Waals surface area (Å²) >= 11 is 6.31. The third-order valence-corrected chi connectivity index (χ3v) is 4.73. The van der Waals surface area contributed by atoms with E-state index in [0.29, 0.717) is 22.3 Å². The van der Waals surface area contributed by atoms with Gasteiger partial charge >= 0.3 is 0 Å². The van der Waals surface area contributed by atoms with E-state index in [1.165, 1.54) is 0 Å². The number of halogens is 1. The molecule has 1 fully saturated rings. The Kier molecular flexibility index (Phi) is 5.60. The number of hydrogen-bond acceptors (Lipinski definition) is 6. The van der Waals surface area contributed by atoms with Crippen molar-refractivity contribution >= 4 is 23.4 Å². The maximum Gasteiger partial charge on any atom is 0.222 e. The van der Waals surface area contributed by atoms with Gasteiger partial charge in [0.05, 0.1) is 17.3 Å². The van der Waals surface area contributed by atoms with Crippen LogP contribution in [-0.2, 0) is 6.42 Å². The van der Waals surface area contributed by atoms with Gasteiger partial charge in [0.25, 0.3) is 0 Å². The van der Waals surface area contributed by atoms with Gasteiger partial charge < -0.3 is 20.9 Å². The lowest BCUT2D eigenvalue weighted by molar-refractivity contribution is 0.126. The Hall–Kier alpha value is -2.05. The van der Waals surface area contributed by atoms with Crippen molar-refractivity contribution in [2.24, 2.45) is 0 Å². The lowest BCUT2D eigenvalue weighted by Crippen LogP contribution is -2.28. The van der Waals surface area contributed by atoms with Gasteiger partial charge in [-0.3, -0.25) is 0 Å². The average Bonchev–Trinajstić information content (AvgIpc) is 2.60. The van der Waals surface area contributed by atoms with Crippen molar-refractivity contribution in [2.45, 2.75) is 51.2 Å². The highest BCUT2D eigenvalue weighted by atomic mass is 35.5. The summed E-state index contributed by atoms with van der Waals surface area (Å²) in [4.78, 5) is 8.29. The normalized spacial score (nSPS) is 20.3. The number of nitrogen functional groups attached to an aromatic ring is 1. The maximum atomic E-state index is 9.65. The average molecular weight is 363 g/mol. The van der Waals surface area contributed by atoms with Crippen LogP contribution in [0.4, 0.5) is 11.8 Å². The number of nitrogens with two attached hydrogens (primary N) is 1. The first kappa shape index (κ1) is 17.8. The number of aliphatic hydroxyl groups is 1. The summed E-state index contributed by atoms with van der Waals surface area (Å²) < 4.78 is 5.93. The summed E-state index contributed by atoms with van der Waals surface area (Å²) in [5, 5.41) is 13.6. The predicted molar refractivity (Wildman–Crippen MR) is 99.2 cm³/mol. The van der Waals surface area contributed by atoms with E-state index in [4.69, 9.17) is 22.1 Å². The molecule has 0 atom stereocenters. The second kappa shape index (κ2) is 7.89. The van der Waals surface area contributed by atoms with Gasteiger partial charge in [-0.1, -0.05) is 24.6 Å². The van der Waals surface area contributed by atoms with Crippen molar-refractivity contribution in [3.8, 4) is 11.5 Å². The van der Waals surface area contributed by atoms with Gasteiger partial charge in [0.2, 0.25) is 5.95 Å². The molecule has 0 amide bonds. The lowest BCUT2D eigenvalue weighted by Gasteiger charge is -2.27. The van der Waals surface area contributed by atoms with Crippen LogP contribution in [0.5, 0.6) is 11.5 Å². The first-order chi connectivity index (χ1) is 12.0. The van der Waals surface area contributed by atoms with Gasteiger partial charge in [-0.05, 0) is 49.8 Å². The van der Waals surface area contributed by atoms with E-state index in [9.17, 15) is 5.11 Å². The quantitative estimate of drug-likeness (QED) is 0.749. The topological polar surface area (TPSA) is 93.3 Å². The molecular weight excluding hydrogens is 340 g/mol. The van der Waals surface area contributed by atoms with E-state index in [1.54, 1.807) is 6.20 Å². The summed E-state index contributed by atoms with van der Waals surface area (Å²) in [6, 6.07) is 5.94. The number of aliphatic hydroxyl groups excluding tert-OH is 1.